The van der Waals surface area contributed by atoms with Crippen LogP contribution in [0, 0.1) is 12.3 Å². The summed E-state index contributed by atoms with van der Waals surface area (Å²) in [6.07, 6.45) is 1.92. The third kappa shape index (κ3) is 2.22. The standard InChI is InChI=1S/C13H17NO2S/c1-9-5-6-11-10(7-9)8-12(13(2,3)4)14-17(11,15)16/h5-8,14H,1-4H3. The van der Waals surface area contributed by atoms with Crippen molar-refractivity contribution in [1.82, 2.24) is 4.72 Å². The predicted molar refractivity (Wildman–Crippen MR) is 68.9 cm³/mol. The van der Waals surface area contributed by atoms with Crippen molar-refractivity contribution in [3.05, 3.63) is 35.0 Å². The van der Waals surface area contributed by atoms with E-state index < -0.39 is 10.0 Å². The van der Waals surface area contributed by atoms with Crippen molar-refractivity contribution in [3.63, 3.8) is 0 Å². The molecule has 1 N–H and O–H groups in total. The average Bonchev–Trinajstić information content (AvgIpc) is 2.13. The van der Waals surface area contributed by atoms with Gasteiger partial charge in [0.1, 0.15) is 0 Å². The molecule has 1 aliphatic rings. The summed E-state index contributed by atoms with van der Waals surface area (Å²) in [7, 11) is -3.41. The van der Waals surface area contributed by atoms with Crippen LogP contribution in [0.1, 0.15) is 31.9 Å². The van der Waals surface area contributed by atoms with E-state index in [9.17, 15) is 8.42 Å². The minimum atomic E-state index is -3.41. The van der Waals surface area contributed by atoms with Gasteiger partial charge in [-0.3, -0.25) is 4.72 Å². The van der Waals surface area contributed by atoms with Gasteiger partial charge in [-0.1, -0.05) is 38.5 Å². The first-order valence-corrected chi connectivity index (χ1v) is 7.04. The summed E-state index contributed by atoms with van der Waals surface area (Å²) in [5.41, 5.74) is 2.35. The molecule has 0 bridgehead atoms. The molecule has 0 amide bonds. The van der Waals surface area contributed by atoms with Crippen molar-refractivity contribution in [2.24, 2.45) is 5.41 Å². The Morgan fingerprint density at radius 1 is 1.18 bits per heavy atom. The smallest absolute Gasteiger partial charge is 0.262 e. The van der Waals surface area contributed by atoms with E-state index in [4.69, 9.17) is 0 Å². The Bertz CT molecular complexity index is 592. The molecule has 0 aliphatic carbocycles. The Kier molecular flexibility index (Phi) is 2.58. The number of allylic oxidation sites excluding steroid dienone is 1. The van der Waals surface area contributed by atoms with Crippen LogP contribution >= 0.6 is 0 Å². The monoisotopic (exact) mass is 251 g/mol. The molecule has 1 aliphatic heterocycles. The minimum absolute atomic E-state index is 0.214. The fraction of sp³-hybridized carbons (Fsp3) is 0.385. The van der Waals surface area contributed by atoms with Gasteiger partial charge >= 0.3 is 0 Å². The van der Waals surface area contributed by atoms with Crippen LogP contribution in [0.3, 0.4) is 0 Å². The van der Waals surface area contributed by atoms with E-state index in [-0.39, 0.29) is 5.41 Å². The SMILES string of the molecule is Cc1ccc2c(c1)C=C(C(C)(C)C)NS2(=O)=O. The van der Waals surface area contributed by atoms with Crippen LogP contribution in [-0.2, 0) is 10.0 Å². The highest BCUT2D eigenvalue weighted by atomic mass is 32.2. The lowest BCUT2D eigenvalue weighted by atomic mass is 9.91. The second-order valence-electron chi connectivity index (χ2n) is 5.45. The molecule has 0 spiro atoms. The van der Waals surface area contributed by atoms with Gasteiger partial charge in [0.2, 0.25) is 0 Å². The second-order valence-corrected chi connectivity index (χ2v) is 7.11. The first-order chi connectivity index (χ1) is 7.70. The van der Waals surface area contributed by atoms with Gasteiger partial charge in [0.25, 0.3) is 10.0 Å². The summed E-state index contributed by atoms with van der Waals surface area (Å²) in [5, 5.41) is 0. The second kappa shape index (κ2) is 3.60. The number of nitrogens with one attached hydrogen (secondary N) is 1. The summed E-state index contributed by atoms with van der Waals surface area (Å²) in [4.78, 5) is 0.358. The van der Waals surface area contributed by atoms with Crippen molar-refractivity contribution in [1.29, 1.82) is 0 Å². The van der Waals surface area contributed by atoms with Crippen molar-refractivity contribution < 1.29 is 8.42 Å². The van der Waals surface area contributed by atoms with E-state index in [0.29, 0.717) is 4.90 Å². The van der Waals surface area contributed by atoms with Gasteiger partial charge in [-0.15, -0.1) is 0 Å². The van der Waals surface area contributed by atoms with E-state index in [1.54, 1.807) is 6.07 Å². The maximum Gasteiger partial charge on any atom is 0.262 e. The predicted octanol–water partition coefficient (Wildman–Crippen LogP) is 2.67. The van der Waals surface area contributed by atoms with Gasteiger partial charge < -0.3 is 0 Å². The van der Waals surface area contributed by atoms with Crippen molar-refractivity contribution >= 4 is 16.1 Å². The molecule has 0 atom stereocenters. The summed E-state index contributed by atoms with van der Waals surface area (Å²) in [5.74, 6) is 0. The third-order valence-corrected chi connectivity index (χ3v) is 4.25. The largest absolute Gasteiger partial charge is 0.283 e. The van der Waals surface area contributed by atoms with E-state index >= 15 is 0 Å². The van der Waals surface area contributed by atoms with Crippen molar-refractivity contribution in [2.75, 3.05) is 0 Å². The molecule has 0 unspecified atom stereocenters. The van der Waals surface area contributed by atoms with Gasteiger partial charge in [-0.25, -0.2) is 8.42 Å². The van der Waals surface area contributed by atoms with Crippen LogP contribution in [-0.4, -0.2) is 8.42 Å². The van der Waals surface area contributed by atoms with Gasteiger partial charge in [0.05, 0.1) is 4.90 Å². The zero-order valence-corrected chi connectivity index (χ0v) is 11.4. The zero-order chi connectivity index (χ0) is 12.8. The summed E-state index contributed by atoms with van der Waals surface area (Å²) in [6.45, 7) is 7.92. The molecule has 3 nitrogen and oxygen atoms in total. The number of hydrogen-bond acceptors (Lipinski definition) is 2. The number of aryl methyl sites for hydroxylation is 1. The summed E-state index contributed by atoms with van der Waals surface area (Å²) < 4.78 is 26.8. The molecule has 2 rings (SSSR count). The number of fused-ring (bicyclic) bond motifs is 1. The molecule has 0 radical (unpaired) electrons. The highest BCUT2D eigenvalue weighted by molar-refractivity contribution is 7.89. The highest BCUT2D eigenvalue weighted by Gasteiger charge is 2.29. The molecule has 17 heavy (non-hydrogen) atoms. The Morgan fingerprint density at radius 3 is 2.41 bits per heavy atom. The van der Waals surface area contributed by atoms with Crippen LogP contribution in [0.4, 0.5) is 0 Å². The summed E-state index contributed by atoms with van der Waals surface area (Å²) in [6, 6.07) is 5.37. The molecule has 1 aromatic rings. The first-order valence-electron chi connectivity index (χ1n) is 5.56. The molecule has 0 aromatic heterocycles. The lowest BCUT2D eigenvalue weighted by Crippen LogP contribution is -2.33. The Hall–Kier alpha value is -1.29. The molecule has 0 fully saturated rings. The molecular formula is C13H17NO2S. The molecular weight excluding hydrogens is 234 g/mol. The lowest BCUT2D eigenvalue weighted by Gasteiger charge is -2.28. The molecule has 0 saturated carbocycles. The molecule has 1 heterocycles. The van der Waals surface area contributed by atoms with Crippen LogP contribution < -0.4 is 4.72 Å². The average molecular weight is 251 g/mol. The van der Waals surface area contributed by atoms with Crippen LogP contribution in [0.5, 0.6) is 0 Å². The fourth-order valence-corrected chi connectivity index (χ4v) is 3.22. The third-order valence-electron chi connectivity index (χ3n) is 2.81. The van der Waals surface area contributed by atoms with E-state index in [0.717, 1.165) is 16.8 Å². The Balaban J connectivity index is 2.69. The number of hydrogen-bond donors (Lipinski definition) is 1. The normalized spacial score (nSPS) is 18.0. The quantitative estimate of drug-likeness (QED) is 0.770. The van der Waals surface area contributed by atoms with E-state index in [1.807, 2.05) is 45.9 Å². The maximum absolute atomic E-state index is 12.1. The highest BCUT2D eigenvalue weighted by Crippen LogP contribution is 2.32. The topological polar surface area (TPSA) is 46.2 Å². The Morgan fingerprint density at radius 2 is 1.82 bits per heavy atom. The zero-order valence-electron chi connectivity index (χ0n) is 10.5. The van der Waals surface area contributed by atoms with Gasteiger partial charge in [0, 0.05) is 11.1 Å². The first kappa shape index (κ1) is 12.2. The van der Waals surface area contributed by atoms with Crippen molar-refractivity contribution in [2.45, 2.75) is 32.6 Å². The lowest BCUT2D eigenvalue weighted by molar-refractivity contribution is 0.481. The number of benzene rings is 1. The van der Waals surface area contributed by atoms with E-state index in [2.05, 4.69) is 4.72 Å². The van der Waals surface area contributed by atoms with E-state index in [1.165, 1.54) is 0 Å². The van der Waals surface area contributed by atoms with Crippen molar-refractivity contribution in [3.8, 4) is 0 Å². The molecule has 1 aromatic carbocycles. The number of sulfonamides is 1. The molecule has 92 valence electrons. The van der Waals surface area contributed by atoms with Gasteiger partial charge in [-0.2, -0.15) is 0 Å². The fourth-order valence-electron chi connectivity index (χ4n) is 1.78. The summed E-state index contributed by atoms with van der Waals surface area (Å²) >= 11 is 0. The molecule has 0 saturated heterocycles. The van der Waals surface area contributed by atoms with Gasteiger partial charge in [-0.05, 0) is 24.6 Å². The van der Waals surface area contributed by atoms with Gasteiger partial charge in [0.15, 0.2) is 0 Å². The molecule has 4 heteroatoms. The Labute approximate surface area is 103 Å². The number of rotatable bonds is 0. The minimum Gasteiger partial charge on any atom is -0.283 e. The van der Waals surface area contributed by atoms with Crippen LogP contribution in [0.15, 0.2) is 28.8 Å². The maximum atomic E-state index is 12.1. The van der Waals surface area contributed by atoms with Crippen LogP contribution in [0.2, 0.25) is 0 Å². The van der Waals surface area contributed by atoms with Crippen LogP contribution in [0.25, 0.3) is 6.08 Å².